The van der Waals surface area contributed by atoms with Gasteiger partial charge < -0.3 is 15.4 Å². The maximum atomic E-state index is 13.3. The normalized spacial score (nSPS) is 22.7. The Morgan fingerprint density at radius 3 is 3.00 bits per heavy atom. The number of benzene rings is 1. The summed E-state index contributed by atoms with van der Waals surface area (Å²) in [7, 11) is 0. The van der Waals surface area contributed by atoms with E-state index in [1.807, 2.05) is 13.0 Å². The van der Waals surface area contributed by atoms with Gasteiger partial charge in [0.1, 0.15) is 5.82 Å². The molecule has 0 saturated carbocycles. The second kappa shape index (κ2) is 5.67. The molecule has 1 aliphatic rings. The summed E-state index contributed by atoms with van der Waals surface area (Å²) in [6.07, 6.45) is 1.18. The Morgan fingerprint density at radius 2 is 2.28 bits per heavy atom. The highest BCUT2D eigenvalue weighted by Crippen LogP contribution is 2.27. The molecule has 18 heavy (non-hydrogen) atoms. The average molecular weight is 252 g/mol. The van der Waals surface area contributed by atoms with Crippen molar-refractivity contribution >= 4 is 5.69 Å². The number of nitrogens with zero attached hydrogens (tertiary/aromatic N) is 1. The zero-order valence-corrected chi connectivity index (χ0v) is 11.0. The molecule has 0 aromatic heterocycles. The first kappa shape index (κ1) is 13.3. The van der Waals surface area contributed by atoms with Crippen molar-refractivity contribution in [3.05, 3.63) is 29.6 Å². The highest BCUT2D eigenvalue weighted by atomic mass is 19.1. The number of ether oxygens (including phenoxy) is 1. The van der Waals surface area contributed by atoms with Gasteiger partial charge in [-0.15, -0.1) is 0 Å². The lowest BCUT2D eigenvalue weighted by molar-refractivity contribution is 0.0821. The van der Waals surface area contributed by atoms with Crippen LogP contribution in [-0.2, 0) is 4.74 Å². The summed E-state index contributed by atoms with van der Waals surface area (Å²) in [4.78, 5) is 2.25. The molecule has 3 nitrogen and oxygen atoms in total. The summed E-state index contributed by atoms with van der Waals surface area (Å²) in [5.74, 6) is -0.231. The van der Waals surface area contributed by atoms with Crippen molar-refractivity contribution in [2.24, 2.45) is 5.73 Å². The van der Waals surface area contributed by atoms with Crippen LogP contribution in [0, 0.1) is 5.82 Å². The van der Waals surface area contributed by atoms with Crippen molar-refractivity contribution in [2.75, 3.05) is 24.6 Å². The van der Waals surface area contributed by atoms with Gasteiger partial charge in [-0.25, -0.2) is 4.39 Å². The van der Waals surface area contributed by atoms with Gasteiger partial charge in [-0.1, -0.05) is 0 Å². The number of hydrogen-bond acceptors (Lipinski definition) is 3. The first-order valence-corrected chi connectivity index (χ1v) is 6.49. The first-order chi connectivity index (χ1) is 8.58. The molecule has 0 spiro atoms. The molecule has 100 valence electrons. The maximum absolute atomic E-state index is 13.3. The number of hydrogen-bond donors (Lipinski definition) is 1. The minimum atomic E-state index is -0.231. The van der Waals surface area contributed by atoms with E-state index in [1.165, 1.54) is 12.1 Å². The van der Waals surface area contributed by atoms with E-state index in [0.29, 0.717) is 0 Å². The SMILES string of the molecule is CC1CN(c2ccc(F)cc2C(C)N)CCCO1. The van der Waals surface area contributed by atoms with Gasteiger partial charge in [0.15, 0.2) is 0 Å². The predicted octanol–water partition coefficient (Wildman–Crippen LogP) is 2.46. The molecule has 0 amide bonds. The third kappa shape index (κ3) is 3.00. The summed E-state index contributed by atoms with van der Waals surface area (Å²) in [6.45, 7) is 6.48. The minimum absolute atomic E-state index is 0.171. The molecule has 0 aliphatic carbocycles. The second-order valence-electron chi connectivity index (χ2n) is 4.97. The lowest BCUT2D eigenvalue weighted by Crippen LogP contribution is -2.31. The van der Waals surface area contributed by atoms with Gasteiger partial charge in [-0.3, -0.25) is 0 Å². The van der Waals surface area contributed by atoms with Gasteiger partial charge in [0.25, 0.3) is 0 Å². The van der Waals surface area contributed by atoms with Gasteiger partial charge >= 0.3 is 0 Å². The average Bonchev–Trinajstić information content (AvgIpc) is 2.53. The van der Waals surface area contributed by atoms with Crippen molar-refractivity contribution in [3.63, 3.8) is 0 Å². The summed E-state index contributed by atoms with van der Waals surface area (Å²) in [6, 6.07) is 4.69. The first-order valence-electron chi connectivity index (χ1n) is 6.49. The smallest absolute Gasteiger partial charge is 0.123 e. The van der Waals surface area contributed by atoms with Gasteiger partial charge in [0.05, 0.1) is 6.10 Å². The van der Waals surface area contributed by atoms with Crippen LogP contribution >= 0.6 is 0 Å². The fourth-order valence-electron chi connectivity index (χ4n) is 2.39. The van der Waals surface area contributed by atoms with Gasteiger partial charge in [-0.2, -0.15) is 0 Å². The molecule has 1 heterocycles. The fraction of sp³-hybridized carbons (Fsp3) is 0.571. The molecule has 1 aromatic carbocycles. The van der Waals surface area contributed by atoms with E-state index in [2.05, 4.69) is 11.8 Å². The van der Waals surface area contributed by atoms with Crippen LogP contribution in [0.15, 0.2) is 18.2 Å². The van der Waals surface area contributed by atoms with Crippen LogP contribution in [0.2, 0.25) is 0 Å². The number of halogens is 1. The van der Waals surface area contributed by atoms with Crippen molar-refractivity contribution in [1.82, 2.24) is 0 Å². The number of anilines is 1. The fourth-order valence-corrected chi connectivity index (χ4v) is 2.39. The van der Waals surface area contributed by atoms with E-state index >= 15 is 0 Å². The molecule has 1 saturated heterocycles. The molecule has 0 bridgehead atoms. The maximum Gasteiger partial charge on any atom is 0.123 e. The van der Waals surface area contributed by atoms with E-state index in [1.54, 1.807) is 0 Å². The highest BCUT2D eigenvalue weighted by molar-refractivity contribution is 5.55. The number of nitrogens with two attached hydrogens (primary N) is 1. The molecule has 1 fully saturated rings. The lowest BCUT2D eigenvalue weighted by atomic mass is 10.0. The Bertz CT molecular complexity index is 409. The van der Waals surface area contributed by atoms with Gasteiger partial charge in [0, 0.05) is 31.4 Å². The van der Waals surface area contributed by atoms with Gasteiger partial charge in [-0.05, 0) is 44.0 Å². The van der Waals surface area contributed by atoms with Crippen LogP contribution in [-0.4, -0.2) is 25.8 Å². The van der Waals surface area contributed by atoms with Crippen molar-refractivity contribution in [1.29, 1.82) is 0 Å². The van der Waals surface area contributed by atoms with Crippen LogP contribution in [0.25, 0.3) is 0 Å². The Morgan fingerprint density at radius 1 is 1.50 bits per heavy atom. The largest absolute Gasteiger partial charge is 0.377 e. The van der Waals surface area contributed by atoms with Crippen LogP contribution in [0.5, 0.6) is 0 Å². The van der Waals surface area contributed by atoms with E-state index in [9.17, 15) is 4.39 Å². The van der Waals surface area contributed by atoms with Gasteiger partial charge in [0.2, 0.25) is 0 Å². The van der Waals surface area contributed by atoms with E-state index in [4.69, 9.17) is 10.5 Å². The Hall–Kier alpha value is -1.13. The highest BCUT2D eigenvalue weighted by Gasteiger charge is 2.19. The molecule has 1 aromatic rings. The third-order valence-electron chi connectivity index (χ3n) is 3.27. The Labute approximate surface area is 108 Å². The van der Waals surface area contributed by atoms with E-state index < -0.39 is 0 Å². The molecule has 2 unspecified atom stereocenters. The topological polar surface area (TPSA) is 38.5 Å². The standard InChI is InChI=1S/C14H21FN2O/c1-10-9-17(6-3-7-18-10)14-5-4-12(15)8-13(14)11(2)16/h4-5,8,10-11H,3,6-7,9,16H2,1-2H3. The Balaban J connectivity index is 2.30. The summed E-state index contributed by atoms with van der Waals surface area (Å²) in [5.41, 5.74) is 7.84. The molecular weight excluding hydrogens is 231 g/mol. The van der Waals surface area contributed by atoms with Crippen LogP contribution in [0.4, 0.5) is 10.1 Å². The summed E-state index contributed by atoms with van der Waals surface area (Å²) >= 11 is 0. The molecule has 0 radical (unpaired) electrons. The molecule has 4 heteroatoms. The lowest BCUT2D eigenvalue weighted by Gasteiger charge is -2.28. The quantitative estimate of drug-likeness (QED) is 0.878. The van der Waals surface area contributed by atoms with Crippen LogP contribution in [0.1, 0.15) is 31.9 Å². The minimum Gasteiger partial charge on any atom is -0.377 e. The summed E-state index contributed by atoms with van der Waals surface area (Å²) < 4.78 is 19.0. The summed E-state index contributed by atoms with van der Waals surface area (Å²) in [5, 5.41) is 0. The third-order valence-corrected chi connectivity index (χ3v) is 3.27. The second-order valence-corrected chi connectivity index (χ2v) is 4.97. The zero-order chi connectivity index (χ0) is 13.1. The molecular formula is C14H21FN2O. The van der Waals surface area contributed by atoms with Crippen molar-refractivity contribution < 1.29 is 9.13 Å². The molecule has 2 rings (SSSR count). The monoisotopic (exact) mass is 252 g/mol. The molecule has 2 N–H and O–H groups in total. The Kier molecular flexibility index (Phi) is 4.19. The number of rotatable bonds is 2. The van der Waals surface area contributed by atoms with Crippen LogP contribution in [0.3, 0.4) is 0 Å². The van der Waals surface area contributed by atoms with E-state index in [-0.39, 0.29) is 18.0 Å². The van der Waals surface area contributed by atoms with Crippen LogP contribution < -0.4 is 10.6 Å². The van der Waals surface area contributed by atoms with E-state index in [0.717, 1.165) is 37.4 Å². The van der Waals surface area contributed by atoms with Crippen molar-refractivity contribution in [2.45, 2.75) is 32.4 Å². The zero-order valence-electron chi connectivity index (χ0n) is 11.0. The molecule has 1 aliphatic heterocycles. The predicted molar refractivity (Wildman–Crippen MR) is 71.2 cm³/mol. The molecule has 2 atom stereocenters. The van der Waals surface area contributed by atoms with Crippen molar-refractivity contribution in [3.8, 4) is 0 Å².